The summed E-state index contributed by atoms with van der Waals surface area (Å²) in [5.41, 5.74) is 8.32. The van der Waals surface area contributed by atoms with Gasteiger partial charge >= 0.3 is 0 Å². The van der Waals surface area contributed by atoms with Crippen LogP contribution in [0.25, 0.3) is 0 Å². The molecule has 0 amide bonds. The van der Waals surface area contributed by atoms with Crippen LogP contribution in [-0.2, 0) is 0 Å². The fraction of sp³-hybridized carbons (Fsp3) is 0.214. The third-order valence-electron chi connectivity index (χ3n) is 2.81. The summed E-state index contributed by atoms with van der Waals surface area (Å²) >= 11 is 0. The summed E-state index contributed by atoms with van der Waals surface area (Å²) in [6.07, 6.45) is 1.16. The average molecular weight is 243 g/mol. The predicted molar refractivity (Wildman–Crippen MR) is 73.3 cm³/mol. The minimum Gasteiger partial charge on any atom is -0.398 e. The number of nitrogens with one attached hydrogen (secondary N) is 1. The molecule has 1 atom stereocenters. The number of rotatable bonds is 4. The summed E-state index contributed by atoms with van der Waals surface area (Å²) in [4.78, 5) is 4.20. The molecule has 1 aromatic heterocycles. The van der Waals surface area contributed by atoms with Crippen LogP contribution in [0, 0.1) is 6.92 Å². The predicted octanol–water partition coefficient (Wildman–Crippen LogP) is 2.12. The molecule has 94 valence electrons. The highest BCUT2D eigenvalue weighted by molar-refractivity contribution is 5.53. The summed E-state index contributed by atoms with van der Waals surface area (Å²) in [7, 11) is 0. The molecule has 0 aliphatic rings. The van der Waals surface area contributed by atoms with Crippen molar-refractivity contribution in [3.05, 3.63) is 53.7 Å². The Morgan fingerprint density at radius 3 is 2.72 bits per heavy atom. The molecule has 0 fully saturated rings. The molecule has 0 aliphatic heterocycles. The SMILES string of the molecule is Cc1cnc(NCC(O)c2ccccc2)cc1N. The van der Waals surface area contributed by atoms with E-state index in [0.717, 1.165) is 11.1 Å². The van der Waals surface area contributed by atoms with Crippen LogP contribution in [0.1, 0.15) is 17.2 Å². The lowest BCUT2D eigenvalue weighted by Crippen LogP contribution is -2.13. The summed E-state index contributed by atoms with van der Waals surface area (Å²) in [6, 6.07) is 11.3. The van der Waals surface area contributed by atoms with Crippen LogP contribution in [0.5, 0.6) is 0 Å². The zero-order valence-corrected chi connectivity index (χ0v) is 10.3. The monoisotopic (exact) mass is 243 g/mol. The fourth-order valence-electron chi connectivity index (χ4n) is 1.63. The second kappa shape index (κ2) is 5.51. The van der Waals surface area contributed by atoms with Crippen molar-refractivity contribution in [3.63, 3.8) is 0 Å². The molecule has 2 rings (SSSR count). The first kappa shape index (κ1) is 12.4. The zero-order chi connectivity index (χ0) is 13.0. The minimum absolute atomic E-state index is 0.402. The van der Waals surface area contributed by atoms with Gasteiger partial charge in [-0.3, -0.25) is 0 Å². The van der Waals surface area contributed by atoms with E-state index >= 15 is 0 Å². The topological polar surface area (TPSA) is 71.2 Å². The Labute approximate surface area is 106 Å². The zero-order valence-electron chi connectivity index (χ0n) is 10.3. The highest BCUT2D eigenvalue weighted by Gasteiger charge is 2.07. The Balaban J connectivity index is 1.97. The number of hydrogen-bond acceptors (Lipinski definition) is 4. The highest BCUT2D eigenvalue weighted by Crippen LogP contribution is 2.16. The van der Waals surface area contributed by atoms with Gasteiger partial charge in [-0.05, 0) is 18.1 Å². The van der Waals surface area contributed by atoms with Crippen molar-refractivity contribution in [2.45, 2.75) is 13.0 Å². The molecule has 0 spiro atoms. The van der Waals surface area contributed by atoms with Gasteiger partial charge in [0.05, 0.1) is 6.10 Å². The van der Waals surface area contributed by atoms with Crippen LogP contribution in [0.2, 0.25) is 0 Å². The number of nitrogen functional groups attached to an aromatic ring is 1. The smallest absolute Gasteiger partial charge is 0.128 e. The first-order valence-corrected chi connectivity index (χ1v) is 5.86. The van der Waals surface area contributed by atoms with E-state index in [1.54, 1.807) is 12.3 Å². The Morgan fingerprint density at radius 2 is 2.06 bits per heavy atom. The number of pyridine rings is 1. The highest BCUT2D eigenvalue weighted by atomic mass is 16.3. The third kappa shape index (κ3) is 2.99. The van der Waals surface area contributed by atoms with E-state index in [4.69, 9.17) is 5.73 Å². The molecule has 1 heterocycles. The average Bonchev–Trinajstić information content (AvgIpc) is 2.41. The number of nitrogens with zero attached hydrogens (tertiary/aromatic N) is 1. The van der Waals surface area contributed by atoms with E-state index < -0.39 is 6.10 Å². The molecule has 4 N–H and O–H groups in total. The van der Waals surface area contributed by atoms with Gasteiger partial charge in [-0.25, -0.2) is 4.98 Å². The van der Waals surface area contributed by atoms with Gasteiger partial charge in [0.1, 0.15) is 5.82 Å². The number of hydrogen-bond donors (Lipinski definition) is 3. The van der Waals surface area contributed by atoms with Gasteiger partial charge in [-0.1, -0.05) is 30.3 Å². The molecule has 0 saturated heterocycles. The van der Waals surface area contributed by atoms with Crippen LogP contribution >= 0.6 is 0 Å². The van der Waals surface area contributed by atoms with E-state index in [1.807, 2.05) is 37.3 Å². The van der Waals surface area contributed by atoms with E-state index in [2.05, 4.69) is 10.3 Å². The van der Waals surface area contributed by atoms with Crippen LogP contribution < -0.4 is 11.1 Å². The van der Waals surface area contributed by atoms with Crippen molar-refractivity contribution >= 4 is 11.5 Å². The van der Waals surface area contributed by atoms with Crippen molar-refractivity contribution in [2.75, 3.05) is 17.6 Å². The van der Waals surface area contributed by atoms with E-state index in [1.165, 1.54) is 0 Å². The summed E-state index contributed by atoms with van der Waals surface area (Å²) < 4.78 is 0. The molecule has 1 unspecified atom stereocenters. The summed E-state index contributed by atoms with van der Waals surface area (Å²) in [6.45, 7) is 2.31. The maximum atomic E-state index is 9.98. The minimum atomic E-state index is -0.560. The van der Waals surface area contributed by atoms with Crippen molar-refractivity contribution in [2.24, 2.45) is 0 Å². The molecule has 0 bridgehead atoms. The quantitative estimate of drug-likeness (QED) is 0.769. The van der Waals surface area contributed by atoms with Crippen molar-refractivity contribution < 1.29 is 5.11 Å². The van der Waals surface area contributed by atoms with Crippen molar-refractivity contribution in [3.8, 4) is 0 Å². The number of aromatic nitrogens is 1. The Kier molecular flexibility index (Phi) is 3.79. The molecule has 1 aromatic carbocycles. The van der Waals surface area contributed by atoms with Gasteiger partial charge in [-0.2, -0.15) is 0 Å². The Morgan fingerprint density at radius 1 is 1.33 bits per heavy atom. The van der Waals surface area contributed by atoms with Gasteiger partial charge < -0.3 is 16.2 Å². The molecular weight excluding hydrogens is 226 g/mol. The molecule has 0 aliphatic carbocycles. The maximum Gasteiger partial charge on any atom is 0.128 e. The number of aliphatic hydroxyl groups is 1. The lowest BCUT2D eigenvalue weighted by atomic mass is 10.1. The lowest BCUT2D eigenvalue weighted by molar-refractivity contribution is 0.191. The van der Waals surface area contributed by atoms with E-state index in [9.17, 15) is 5.11 Å². The maximum absolute atomic E-state index is 9.98. The number of aliphatic hydroxyl groups excluding tert-OH is 1. The van der Waals surface area contributed by atoms with Crippen LogP contribution in [0.15, 0.2) is 42.6 Å². The Hall–Kier alpha value is -2.07. The number of anilines is 2. The first-order valence-electron chi connectivity index (χ1n) is 5.86. The number of aryl methyl sites for hydroxylation is 1. The fourth-order valence-corrected chi connectivity index (χ4v) is 1.63. The van der Waals surface area contributed by atoms with Crippen LogP contribution in [0.3, 0.4) is 0 Å². The van der Waals surface area contributed by atoms with Gasteiger partial charge in [0.2, 0.25) is 0 Å². The van der Waals surface area contributed by atoms with Gasteiger partial charge in [-0.15, -0.1) is 0 Å². The molecule has 2 aromatic rings. The van der Waals surface area contributed by atoms with Gasteiger partial charge in [0, 0.05) is 24.5 Å². The van der Waals surface area contributed by atoms with Crippen LogP contribution in [-0.4, -0.2) is 16.6 Å². The van der Waals surface area contributed by atoms with Crippen molar-refractivity contribution in [1.29, 1.82) is 0 Å². The van der Waals surface area contributed by atoms with E-state index in [-0.39, 0.29) is 0 Å². The largest absolute Gasteiger partial charge is 0.398 e. The standard InChI is InChI=1S/C14H17N3O/c1-10-8-16-14(7-12(10)15)17-9-13(18)11-5-3-2-4-6-11/h2-8,13,18H,9H2,1H3,(H3,15,16,17). The van der Waals surface area contributed by atoms with Gasteiger partial charge in [0.15, 0.2) is 0 Å². The summed E-state index contributed by atoms with van der Waals surface area (Å²) in [5.74, 6) is 0.674. The lowest BCUT2D eigenvalue weighted by Gasteiger charge is -2.13. The molecule has 4 heteroatoms. The molecule has 0 saturated carbocycles. The van der Waals surface area contributed by atoms with Gasteiger partial charge in [0.25, 0.3) is 0 Å². The normalized spacial score (nSPS) is 12.1. The summed E-state index contributed by atoms with van der Waals surface area (Å²) in [5, 5.41) is 13.1. The second-order valence-electron chi connectivity index (χ2n) is 4.23. The number of nitrogens with two attached hydrogens (primary N) is 1. The molecule has 18 heavy (non-hydrogen) atoms. The molecule has 0 radical (unpaired) electrons. The van der Waals surface area contributed by atoms with Crippen LogP contribution in [0.4, 0.5) is 11.5 Å². The Bertz CT molecular complexity index is 514. The molecule has 4 nitrogen and oxygen atoms in total. The second-order valence-corrected chi connectivity index (χ2v) is 4.23. The molecular formula is C14H17N3O. The first-order chi connectivity index (χ1) is 8.66. The van der Waals surface area contributed by atoms with E-state index in [0.29, 0.717) is 18.1 Å². The third-order valence-corrected chi connectivity index (χ3v) is 2.81. The van der Waals surface area contributed by atoms with Crippen molar-refractivity contribution in [1.82, 2.24) is 4.98 Å². The number of benzene rings is 1.